The van der Waals surface area contributed by atoms with E-state index in [0.29, 0.717) is 63.1 Å². The van der Waals surface area contributed by atoms with Crippen LogP contribution in [0.1, 0.15) is 37.9 Å². The van der Waals surface area contributed by atoms with E-state index in [1.54, 1.807) is 41.9 Å². The van der Waals surface area contributed by atoms with Crippen molar-refractivity contribution in [2.75, 3.05) is 33.9 Å². The normalized spacial score (nSPS) is 14.9. The average Bonchev–Trinajstić information content (AvgIpc) is 3.25. The first-order valence-corrected chi connectivity index (χ1v) is 13.6. The van der Waals surface area contributed by atoms with Crippen LogP contribution in [0.15, 0.2) is 76.2 Å². The van der Waals surface area contributed by atoms with Gasteiger partial charge in [0.25, 0.3) is 11.5 Å². The number of hydrogen-bond donors (Lipinski definition) is 0. The summed E-state index contributed by atoms with van der Waals surface area (Å²) in [5, 5.41) is 0. The Kier molecular flexibility index (Phi) is 8.71. The highest BCUT2D eigenvalue weighted by Crippen LogP contribution is 2.38. The monoisotopic (exact) mass is 547 g/mol. The third-order valence-corrected chi connectivity index (χ3v) is 7.56. The second-order valence-electron chi connectivity index (χ2n) is 8.84. The Morgan fingerprint density at radius 1 is 1.10 bits per heavy atom. The highest BCUT2D eigenvalue weighted by atomic mass is 32.1. The van der Waals surface area contributed by atoms with Gasteiger partial charge < -0.3 is 19.1 Å². The van der Waals surface area contributed by atoms with Gasteiger partial charge >= 0.3 is 0 Å². The molecule has 0 unspecified atom stereocenters. The van der Waals surface area contributed by atoms with E-state index >= 15 is 0 Å². The van der Waals surface area contributed by atoms with Crippen molar-refractivity contribution in [1.82, 2.24) is 9.47 Å². The molecular formula is C30H33N3O5S. The molecule has 4 rings (SSSR count). The van der Waals surface area contributed by atoms with Gasteiger partial charge in [-0.05, 0) is 62.7 Å². The zero-order valence-corrected chi connectivity index (χ0v) is 23.7. The van der Waals surface area contributed by atoms with Crippen molar-refractivity contribution < 1.29 is 19.0 Å². The maximum Gasteiger partial charge on any atom is 0.271 e. The van der Waals surface area contributed by atoms with Gasteiger partial charge in [-0.3, -0.25) is 14.2 Å². The Hall–Kier alpha value is -4.11. The van der Waals surface area contributed by atoms with Gasteiger partial charge in [0.2, 0.25) is 0 Å². The second kappa shape index (κ2) is 12.2. The molecule has 204 valence electrons. The molecule has 0 bridgehead atoms. The van der Waals surface area contributed by atoms with E-state index < -0.39 is 6.04 Å². The van der Waals surface area contributed by atoms with Gasteiger partial charge in [-0.1, -0.05) is 36.1 Å². The number of likely N-dealkylation sites (N-methyl/N-ethyl adjacent to an activating group) is 1. The molecule has 0 aliphatic carbocycles. The molecule has 0 spiro atoms. The van der Waals surface area contributed by atoms with Crippen molar-refractivity contribution in [3.63, 3.8) is 0 Å². The fraction of sp³-hybridized carbons (Fsp3) is 0.300. The molecule has 8 nitrogen and oxygen atoms in total. The number of fused-ring (bicyclic) bond motifs is 1. The lowest BCUT2D eigenvalue weighted by atomic mass is 9.93. The summed E-state index contributed by atoms with van der Waals surface area (Å²) in [6.07, 6.45) is 3.51. The molecule has 1 amide bonds. The Morgan fingerprint density at radius 2 is 1.79 bits per heavy atom. The summed E-state index contributed by atoms with van der Waals surface area (Å²) in [5.41, 5.74) is 2.26. The van der Waals surface area contributed by atoms with E-state index in [-0.39, 0.29) is 11.5 Å². The van der Waals surface area contributed by atoms with Gasteiger partial charge in [-0.15, -0.1) is 0 Å². The first kappa shape index (κ1) is 27.9. The van der Waals surface area contributed by atoms with Gasteiger partial charge in [-0.2, -0.15) is 0 Å². The number of carbonyl (C=O) groups is 1. The van der Waals surface area contributed by atoms with Crippen molar-refractivity contribution in [2.24, 2.45) is 4.99 Å². The van der Waals surface area contributed by atoms with Crippen LogP contribution in [0.3, 0.4) is 0 Å². The molecule has 9 heteroatoms. The lowest BCUT2D eigenvalue weighted by Gasteiger charge is -2.30. The molecule has 2 heterocycles. The summed E-state index contributed by atoms with van der Waals surface area (Å²) in [4.78, 5) is 34.8. The molecule has 1 atom stereocenters. The molecule has 0 fully saturated rings. The first-order valence-electron chi connectivity index (χ1n) is 12.7. The van der Waals surface area contributed by atoms with Gasteiger partial charge in [0.1, 0.15) is 29.9 Å². The molecule has 39 heavy (non-hydrogen) atoms. The van der Waals surface area contributed by atoms with E-state index in [0.717, 1.165) is 5.56 Å². The van der Waals surface area contributed by atoms with Crippen molar-refractivity contribution in [2.45, 2.75) is 26.8 Å². The van der Waals surface area contributed by atoms with Crippen LogP contribution in [0.5, 0.6) is 17.2 Å². The molecule has 1 aromatic heterocycles. The van der Waals surface area contributed by atoms with Crippen LogP contribution in [-0.2, 0) is 4.79 Å². The van der Waals surface area contributed by atoms with Crippen LogP contribution >= 0.6 is 11.3 Å². The highest BCUT2D eigenvalue weighted by Gasteiger charge is 2.36. The average molecular weight is 548 g/mol. The molecule has 3 aromatic rings. The topological polar surface area (TPSA) is 82.4 Å². The summed E-state index contributed by atoms with van der Waals surface area (Å²) in [5.74, 6) is 1.69. The van der Waals surface area contributed by atoms with E-state index in [4.69, 9.17) is 19.2 Å². The molecule has 0 N–H and O–H groups in total. The van der Waals surface area contributed by atoms with Gasteiger partial charge in [0, 0.05) is 18.7 Å². The largest absolute Gasteiger partial charge is 0.497 e. The zero-order valence-electron chi connectivity index (χ0n) is 22.9. The predicted octanol–water partition coefficient (Wildman–Crippen LogP) is 3.69. The SMILES string of the molecule is C=CCOc1ccc(/C=c2/sc3n(c2=O)[C@@H](c2cc(OC)ccc2OC)C(C(=O)N(CC)CC)=C(C)N=3)cc1. The summed E-state index contributed by atoms with van der Waals surface area (Å²) in [7, 11) is 3.15. The standard InChI is InChI=1S/C30H33N3O5S/c1-7-16-38-21-12-10-20(11-13-21)17-25-28(34)33-27(23-18-22(36-5)14-15-24(23)37-6)26(19(4)31-30(33)39-25)29(35)32(8-2)9-3/h7,10-15,17-18,27H,1,8-9,16H2,2-6H3/b25-17+/t27-/m0/s1. The molecular weight excluding hydrogens is 514 g/mol. The molecule has 0 radical (unpaired) electrons. The third kappa shape index (κ3) is 5.54. The van der Waals surface area contributed by atoms with E-state index in [1.807, 2.05) is 57.2 Å². The number of aromatic nitrogens is 1. The Morgan fingerprint density at radius 3 is 2.41 bits per heavy atom. The number of amides is 1. The van der Waals surface area contributed by atoms with Crippen LogP contribution in [0.25, 0.3) is 6.08 Å². The Bertz CT molecular complexity index is 1580. The molecule has 1 aliphatic heterocycles. The van der Waals surface area contributed by atoms with E-state index in [1.165, 1.54) is 11.3 Å². The Labute approximate surface area is 231 Å². The van der Waals surface area contributed by atoms with Crippen molar-refractivity contribution >= 4 is 23.3 Å². The van der Waals surface area contributed by atoms with Crippen LogP contribution in [-0.4, -0.2) is 49.3 Å². The molecule has 0 saturated heterocycles. The smallest absolute Gasteiger partial charge is 0.271 e. The minimum absolute atomic E-state index is 0.166. The fourth-order valence-electron chi connectivity index (χ4n) is 4.59. The number of allylic oxidation sites excluding steroid dienone is 1. The summed E-state index contributed by atoms with van der Waals surface area (Å²) < 4.78 is 18.9. The van der Waals surface area contributed by atoms with Crippen molar-refractivity contribution in [1.29, 1.82) is 0 Å². The molecule has 1 aliphatic rings. The second-order valence-corrected chi connectivity index (χ2v) is 9.84. The van der Waals surface area contributed by atoms with Crippen LogP contribution < -0.4 is 29.1 Å². The molecule has 0 saturated carbocycles. The number of benzene rings is 2. The van der Waals surface area contributed by atoms with Gasteiger partial charge in [-0.25, -0.2) is 4.99 Å². The number of nitrogens with zero attached hydrogens (tertiary/aromatic N) is 3. The number of ether oxygens (including phenoxy) is 3. The number of methoxy groups -OCH3 is 2. The highest BCUT2D eigenvalue weighted by molar-refractivity contribution is 7.07. The number of thiazole rings is 1. The maximum absolute atomic E-state index is 14.0. The van der Waals surface area contributed by atoms with Crippen LogP contribution in [0.2, 0.25) is 0 Å². The number of carbonyl (C=O) groups excluding carboxylic acids is 1. The lowest BCUT2D eigenvalue weighted by Crippen LogP contribution is -2.43. The summed E-state index contributed by atoms with van der Waals surface area (Å²) >= 11 is 1.29. The quantitative estimate of drug-likeness (QED) is 0.362. The van der Waals surface area contributed by atoms with E-state index in [2.05, 4.69) is 6.58 Å². The van der Waals surface area contributed by atoms with Gasteiger partial charge in [0.15, 0.2) is 4.80 Å². The van der Waals surface area contributed by atoms with Crippen LogP contribution in [0.4, 0.5) is 0 Å². The van der Waals surface area contributed by atoms with Crippen molar-refractivity contribution in [3.05, 3.63) is 97.2 Å². The summed E-state index contributed by atoms with van der Waals surface area (Å²) in [6, 6.07) is 12.1. The maximum atomic E-state index is 14.0. The number of rotatable bonds is 10. The fourth-order valence-corrected chi connectivity index (χ4v) is 5.64. The first-order chi connectivity index (χ1) is 18.9. The predicted molar refractivity (Wildman–Crippen MR) is 153 cm³/mol. The van der Waals surface area contributed by atoms with E-state index in [9.17, 15) is 9.59 Å². The summed E-state index contributed by atoms with van der Waals surface area (Å²) in [6.45, 7) is 10.8. The lowest BCUT2D eigenvalue weighted by molar-refractivity contribution is -0.127. The number of hydrogen-bond acceptors (Lipinski definition) is 7. The van der Waals surface area contributed by atoms with Crippen LogP contribution in [0, 0.1) is 0 Å². The minimum Gasteiger partial charge on any atom is -0.497 e. The minimum atomic E-state index is -0.740. The molecule has 2 aromatic carbocycles. The van der Waals surface area contributed by atoms with Gasteiger partial charge in [0.05, 0.1) is 30.0 Å². The Balaban J connectivity index is 1.93. The third-order valence-electron chi connectivity index (χ3n) is 6.58. The zero-order chi connectivity index (χ0) is 28.1. The van der Waals surface area contributed by atoms with Crippen molar-refractivity contribution in [3.8, 4) is 17.2 Å².